The van der Waals surface area contributed by atoms with Crippen molar-refractivity contribution in [1.29, 1.82) is 0 Å². The number of benzene rings is 1. The number of methoxy groups -OCH3 is 1. The first-order chi connectivity index (χ1) is 11.4. The number of nitrogens with zero attached hydrogens (tertiary/aromatic N) is 2. The van der Waals surface area contributed by atoms with E-state index in [1.807, 2.05) is 24.3 Å². The van der Waals surface area contributed by atoms with Crippen molar-refractivity contribution >= 4 is 15.9 Å². The zero-order valence-electron chi connectivity index (χ0n) is 14.2. The molecule has 2 rings (SSSR count). The van der Waals surface area contributed by atoms with Gasteiger partial charge in [0.05, 0.1) is 12.9 Å². The fraction of sp³-hybridized carbons (Fsp3) is 0.562. The van der Waals surface area contributed by atoms with E-state index in [1.54, 1.807) is 7.11 Å². The molecule has 1 aliphatic rings. The smallest absolute Gasteiger partial charge is 0.251 e. The lowest BCUT2D eigenvalue weighted by molar-refractivity contribution is 0.0937. The van der Waals surface area contributed by atoms with E-state index in [0.717, 1.165) is 12.1 Å². The number of carbonyl (C=O) groups excluding carboxylic acids is 1. The van der Waals surface area contributed by atoms with Gasteiger partial charge in [0.25, 0.3) is 5.91 Å². The number of hydrogen-bond donors (Lipinski definition) is 1. The Labute approximate surface area is 143 Å². The zero-order valence-corrected chi connectivity index (χ0v) is 15.0. The van der Waals surface area contributed by atoms with Crippen LogP contribution < -0.4 is 5.32 Å². The highest BCUT2D eigenvalue weighted by Crippen LogP contribution is 2.11. The lowest BCUT2D eigenvalue weighted by Crippen LogP contribution is -2.47. The predicted molar refractivity (Wildman–Crippen MR) is 92.3 cm³/mol. The van der Waals surface area contributed by atoms with Gasteiger partial charge in [-0.25, -0.2) is 8.42 Å². The van der Waals surface area contributed by atoms with Gasteiger partial charge < -0.3 is 10.1 Å². The lowest BCUT2D eigenvalue weighted by Gasteiger charge is -2.33. The maximum absolute atomic E-state index is 11.9. The highest BCUT2D eigenvalue weighted by atomic mass is 32.2. The molecule has 0 atom stereocenters. The Morgan fingerprint density at radius 3 is 2.33 bits per heavy atom. The van der Waals surface area contributed by atoms with Gasteiger partial charge in [0, 0.05) is 51.9 Å². The molecule has 1 saturated heterocycles. The Hall–Kier alpha value is -1.48. The van der Waals surface area contributed by atoms with E-state index >= 15 is 0 Å². The normalized spacial score (nSPS) is 16.9. The average Bonchev–Trinajstić information content (AvgIpc) is 2.55. The number of ether oxygens (including phenoxy) is 1. The van der Waals surface area contributed by atoms with Gasteiger partial charge in [-0.15, -0.1) is 0 Å². The summed E-state index contributed by atoms with van der Waals surface area (Å²) in [5, 5.41) is 2.78. The lowest BCUT2D eigenvalue weighted by atomic mass is 10.1. The van der Waals surface area contributed by atoms with Gasteiger partial charge in [0.15, 0.2) is 0 Å². The molecule has 0 bridgehead atoms. The molecule has 1 aliphatic heterocycles. The van der Waals surface area contributed by atoms with Crippen LogP contribution in [0.4, 0.5) is 0 Å². The number of hydrogen-bond acceptors (Lipinski definition) is 5. The molecule has 8 heteroatoms. The number of nitrogens with one attached hydrogen (secondary N) is 1. The van der Waals surface area contributed by atoms with Crippen molar-refractivity contribution in [3.63, 3.8) is 0 Å². The van der Waals surface area contributed by atoms with E-state index in [9.17, 15) is 13.2 Å². The summed E-state index contributed by atoms with van der Waals surface area (Å²) in [5.41, 5.74) is 1.73. The van der Waals surface area contributed by atoms with E-state index < -0.39 is 10.0 Å². The van der Waals surface area contributed by atoms with Crippen molar-refractivity contribution in [2.75, 3.05) is 52.7 Å². The van der Waals surface area contributed by atoms with Gasteiger partial charge in [-0.1, -0.05) is 12.1 Å². The van der Waals surface area contributed by atoms with Crippen molar-refractivity contribution in [3.05, 3.63) is 35.4 Å². The van der Waals surface area contributed by atoms with E-state index in [0.29, 0.717) is 44.9 Å². The molecule has 0 unspecified atom stereocenters. The third-order valence-corrected chi connectivity index (χ3v) is 5.32. The van der Waals surface area contributed by atoms with Crippen molar-refractivity contribution in [3.8, 4) is 0 Å². The Kier molecular flexibility index (Phi) is 6.73. The fourth-order valence-corrected chi connectivity index (χ4v) is 3.43. The standard InChI is InChI=1S/C16H25N3O4S/c1-23-12-7-17-16(20)15-5-3-14(4-6-15)13-18-8-10-19(11-9-18)24(2,21)22/h3-6H,7-13H2,1-2H3,(H,17,20). The van der Waals surface area contributed by atoms with Gasteiger partial charge >= 0.3 is 0 Å². The summed E-state index contributed by atoms with van der Waals surface area (Å²) in [6.07, 6.45) is 1.25. The molecule has 134 valence electrons. The van der Waals surface area contributed by atoms with Crippen molar-refractivity contribution in [2.24, 2.45) is 0 Å². The maximum atomic E-state index is 11.9. The summed E-state index contributed by atoms with van der Waals surface area (Å²) in [7, 11) is -1.50. The Bertz CT molecular complexity index is 638. The summed E-state index contributed by atoms with van der Waals surface area (Å²) >= 11 is 0. The molecule has 0 saturated carbocycles. The average molecular weight is 355 g/mol. The number of piperazine rings is 1. The van der Waals surface area contributed by atoms with Crippen molar-refractivity contribution in [2.45, 2.75) is 6.54 Å². The SMILES string of the molecule is COCCNC(=O)c1ccc(CN2CCN(S(C)(=O)=O)CC2)cc1. The van der Waals surface area contributed by atoms with Crippen LogP contribution in [0.2, 0.25) is 0 Å². The molecular formula is C16H25N3O4S. The molecular weight excluding hydrogens is 330 g/mol. The van der Waals surface area contributed by atoms with E-state index in [4.69, 9.17) is 4.74 Å². The highest BCUT2D eigenvalue weighted by Gasteiger charge is 2.23. The monoisotopic (exact) mass is 355 g/mol. The van der Waals surface area contributed by atoms with Crippen LogP contribution in [0, 0.1) is 0 Å². The molecule has 1 fully saturated rings. The topological polar surface area (TPSA) is 79.0 Å². The molecule has 1 heterocycles. The third kappa shape index (κ3) is 5.55. The molecule has 0 aliphatic carbocycles. The predicted octanol–water partition coefficient (Wildman–Crippen LogP) is 0.140. The number of amides is 1. The van der Waals surface area contributed by atoms with E-state index in [2.05, 4.69) is 10.2 Å². The maximum Gasteiger partial charge on any atom is 0.251 e. The van der Waals surface area contributed by atoms with Crippen LogP contribution in [-0.2, 0) is 21.3 Å². The Morgan fingerprint density at radius 2 is 1.79 bits per heavy atom. The Morgan fingerprint density at radius 1 is 1.17 bits per heavy atom. The molecule has 24 heavy (non-hydrogen) atoms. The van der Waals surface area contributed by atoms with Crippen LogP contribution in [0.25, 0.3) is 0 Å². The molecule has 0 spiro atoms. The first-order valence-electron chi connectivity index (χ1n) is 7.93. The zero-order chi connectivity index (χ0) is 17.6. The number of carbonyl (C=O) groups is 1. The molecule has 1 N–H and O–H groups in total. The summed E-state index contributed by atoms with van der Waals surface area (Å²) in [6.45, 7) is 4.21. The van der Waals surface area contributed by atoms with Crippen LogP contribution >= 0.6 is 0 Å². The van der Waals surface area contributed by atoms with Crippen LogP contribution in [0.1, 0.15) is 15.9 Å². The largest absolute Gasteiger partial charge is 0.383 e. The van der Waals surface area contributed by atoms with Gasteiger partial charge in [-0.2, -0.15) is 4.31 Å². The van der Waals surface area contributed by atoms with Crippen LogP contribution in [0.15, 0.2) is 24.3 Å². The van der Waals surface area contributed by atoms with Gasteiger partial charge in [0.1, 0.15) is 0 Å². The van der Waals surface area contributed by atoms with Gasteiger partial charge in [0.2, 0.25) is 10.0 Å². The Balaban J connectivity index is 1.83. The van der Waals surface area contributed by atoms with Crippen LogP contribution in [-0.4, -0.2) is 76.2 Å². The van der Waals surface area contributed by atoms with Gasteiger partial charge in [-0.05, 0) is 17.7 Å². The summed E-state index contributed by atoms with van der Waals surface area (Å²) in [6, 6.07) is 7.50. The quantitative estimate of drug-likeness (QED) is 0.704. The van der Waals surface area contributed by atoms with Gasteiger partial charge in [-0.3, -0.25) is 9.69 Å². The van der Waals surface area contributed by atoms with Crippen LogP contribution in [0.3, 0.4) is 0 Å². The minimum absolute atomic E-state index is 0.111. The fourth-order valence-electron chi connectivity index (χ4n) is 2.61. The summed E-state index contributed by atoms with van der Waals surface area (Å²) < 4.78 is 29.4. The minimum atomic E-state index is -3.09. The van der Waals surface area contributed by atoms with E-state index in [1.165, 1.54) is 10.6 Å². The summed E-state index contributed by atoms with van der Waals surface area (Å²) in [5.74, 6) is -0.111. The second kappa shape index (κ2) is 8.57. The van der Waals surface area contributed by atoms with Crippen LogP contribution in [0.5, 0.6) is 0 Å². The second-order valence-electron chi connectivity index (χ2n) is 5.88. The highest BCUT2D eigenvalue weighted by molar-refractivity contribution is 7.88. The van der Waals surface area contributed by atoms with E-state index in [-0.39, 0.29) is 5.91 Å². The molecule has 0 aromatic heterocycles. The molecule has 0 radical (unpaired) electrons. The molecule has 1 aromatic rings. The molecule has 1 amide bonds. The van der Waals surface area contributed by atoms with Crippen molar-refractivity contribution in [1.82, 2.24) is 14.5 Å². The minimum Gasteiger partial charge on any atom is -0.383 e. The molecule has 1 aromatic carbocycles. The number of rotatable bonds is 7. The first-order valence-corrected chi connectivity index (χ1v) is 9.78. The van der Waals surface area contributed by atoms with Crippen molar-refractivity contribution < 1.29 is 17.9 Å². The summed E-state index contributed by atoms with van der Waals surface area (Å²) in [4.78, 5) is 14.1. The molecule has 7 nitrogen and oxygen atoms in total. The third-order valence-electron chi connectivity index (χ3n) is 4.01. The number of sulfonamides is 1. The second-order valence-corrected chi connectivity index (χ2v) is 7.87. The first kappa shape index (κ1) is 18.9.